The lowest BCUT2D eigenvalue weighted by atomic mass is 10.2. The maximum atomic E-state index is 12.9. The molecule has 1 fully saturated rings. The first-order valence-electron chi connectivity index (χ1n) is 10.4. The number of piperazine rings is 1. The molecule has 4 aromatic rings. The average Bonchev–Trinajstić information content (AvgIpc) is 3.36. The molecule has 1 aliphatic heterocycles. The fourth-order valence-electron chi connectivity index (χ4n) is 4.17. The molecule has 0 atom stereocenters. The Labute approximate surface area is 185 Å². The number of amides is 1. The number of pyridine rings is 1. The Kier molecular flexibility index (Phi) is 5.29. The maximum Gasteiger partial charge on any atom is 0.242 e. The van der Waals surface area contributed by atoms with Gasteiger partial charge in [0.25, 0.3) is 0 Å². The van der Waals surface area contributed by atoms with E-state index in [0.29, 0.717) is 11.6 Å². The molecule has 0 bridgehead atoms. The van der Waals surface area contributed by atoms with Gasteiger partial charge in [-0.05, 0) is 36.4 Å². The summed E-state index contributed by atoms with van der Waals surface area (Å²) in [4.78, 5) is 21.8. The molecule has 160 valence electrons. The zero-order valence-corrected chi connectivity index (χ0v) is 18.1. The molecule has 31 heavy (non-hydrogen) atoms. The third kappa shape index (κ3) is 4.11. The molecule has 0 radical (unpaired) electrons. The number of methoxy groups -OCH3 is 1. The molecule has 0 aliphatic carbocycles. The van der Waals surface area contributed by atoms with Crippen molar-refractivity contribution in [2.24, 2.45) is 0 Å². The quantitative estimate of drug-likeness (QED) is 0.480. The monoisotopic (exact) mass is 437 g/mol. The van der Waals surface area contributed by atoms with Crippen molar-refractivity contribution in [1.29, 1.82) is 0 Å². The standard InChI is InChI=1S/C23H24ClN5O2/c1-31-20-3-4-21-17(12-20)6-7-28(21)16-23(30)27-10-8-26(9-11-27)14-19-15-29-13-18(24)2-5-22(29)25-19/h2-7,12-13,15H,8-11,14,16H2,1H3. The van der Waals surface area contributed by atoms with Gasteiger partial charge >= 0.3 is 0 Å². The van der Waals surface area contributed by atoms with Crippen LogP contribution >= 0.6 is 11.6 Å². The second-order valence-electron chi connectivity index (χ2n) is 7.87. The number of ether oxygens (including phenoxy) is 1. The summed E-state index contributed by atoms with van der Waals surface area (Å²) in [6.45, 7) is 4.25. The molecule has 8 heteroatoms. The second-order valence-corrected chi connectivity index (χ2v) is 8.31. The van der Waals surface area contributed by atoms with E-state index in [1.165, 1.54) is 0 Å². The van der Waals surface area contributed by atoms with Crippen molar-refractivity contribution in [3.8, 4) is 5.75 Å². The van der Waals surface area contributed by atoms with E-state index in [9.17, 15) is 4.79 Å². The third-order valence-corrected chi connectivity index (χ3v) is 6.08. The van der Waals surface area contributed by atoms with Crippen molar-refractivity contribution in [3.63, 3.8) is 0 Å². The molecule has 1 saturated heterocycles. The maximum absolute atomic E-state index is 12.9. The number of nitrogens with zero attached hydrogens (tertiary/aromatic N) is 5. The van der Waals surface area contributed by atoms with Gasteiger partial charge < -0.3 is 18.6 Å². The highest BCUT2D eigenvalue weighted by Crippen LogP contribution is 2.22. The summed E-state index contributed by atoms with van der Waals surface area (Å²) in [5, 5.41) is 1.77. The number of hydrogen-bond donors (Lipinski definition) is 0. The van der Waals surface area contributed by atoms with Crippen LogP contribution in [0.4, 0.5) is 0 Å². The number of carbonyl (C=O) groups excluding carboxylic acids is 1. The van der Waals surface area contributed by atoms with Gasteiger partial charge in [-0.1, -0.05) is 11.6 Å². The summed E-state index contributed by atoms with van der Waals surface area (Å²) in [6.07, 6.45) is 5.85. The van der Waals surface area contributed by atoms with Crippen molar-refractivity contribution in [2.45, 2.75) is 13.1 Å². The van der Waals surface area contributed by atoms with E-state index in [0.717, 1.165) is 60.7 Å². The lowest BCUT2D eigenvalue weighted by Gasteiger charge is -2.34. The Hall–Kier alpha value is -3.03. The fraction of sp³-hybridized carbons (Fsp3) is 0.304. The van der Waals surface area contributed by atoms with Crippen LogP contribution in [-0.2, 0) is 17.9 Å². The van der Waals surface area contributed by atoms with Crippen LogP contribution in [0.25, 0.3) is 16.6 Å². The molecular weight excluding hydrogens is 414 g/mol. The molecule has 5 rings (SSSR count). The van der Waals surface area contributed by atoms with E-state index in [4.69, 9.17) is 16.3 Å². The zero-order valence-electron chi connectivity index (χ0n) is 17.4. The largest absolute Gasteiger partial charge is 0.497 e. The van der Waals surface area contributed by atoms with Gasteiger partial charge in [0.15, 0.2) is 0 Å². The highest BCUT2D eigenvalue weighted by Gasteiger charge is 2.22. The summed E-state index contributed by atoms with van der Waals surface area (Å²) in [6, 6.07) is 11.7. The van der Waals surface area contributed by atoms with Crippen molar-refractivity contribution >= 4 is 34.1 Å². The lowest BCUT2D eigenvalue weighted by Crippen LogP contribution is -2.49. The smallest absolute Gasteiger partial charge is 0.242 e. The van der Waals surface area contributed by atoms with Crippen molar-refractivity contribution in [2.75, 3.05) is 33.3 Å². The van der Waals surface area contributed by atoms with Gasteiger partial charge in [-0.3, -0.25) is 9.69 Å². The molecule has 0 saturated carbocycles. The van der Waals surface area contributed by atoms with Gasteiger partial charge in [0.05, 0.1) is 17.8 Å². The van der Waals surface area contributed by atoms with Crippen LogP contribution in [0.2, 0.25) is 5.02 Å². The number of imidazole rings is 1. The van der Waals surface area contributed by atoms with E-state index in [1.807, 2.05) is 68.9 Å². The van der Waals surface area contributed by atoms with Crippen LogP contribution in [0.15, 0.2) is 55.0 Å². The topological polar surface area (TPSA) is 55.0 Å². The van der Waals surface area contributed by atoms with Gasteiger partial charge in [-0.15, -0.1) is 0 Å². The van der Waals surface area contributed by atoms with Crippen molar-refractivity contribution in [3.05, 3.63) is 65.7 Å². The lowest BCUT2D eigenvalue weighted by molar-refractivity contribution is -0.133. The van der Waals surface area contributed by atoms with Gasteiger partial charge in [-0.2, -0.15) is 0 Å². The van der Waals surface area contributed by atoms with Gasteiger partial charge in [0.2, 0.25) is 5.91 Å². The first-order valence-corrected chi connectivity index (χ1v) is 10.7. The minimum Gasteiger partial charge on any atom is -0.497 e. The van der Waals surface area contributed by atoms with Gasteiger partial charge in [0, 0.05) is 62.2 Å². The Bertz CT molecular complexity index is 1240. The number of carbonyl (C=O) groups is 1. The van der Waals surface area contributed by atoms with Crippen LogP contribution in [0, 0.1) is 0 Å². The summed E-state index contributed by atoms with van der Waals surface area (Å²) in [7, 11) is 1.66. The molecule has 0 spiro atoms. The second kappa shape index (κ2) is 8.24. The van der Waals surface area contributed by atoms with Crippen LogP contribution in [0.1, 0.15) is 5.69 Å². The number of hydrogen-bond acceptors (Lipinski definition) is 4. The summed E-state index contributed by atoms with van der Waals surface area (Å²) < 4.78 is 9.24. The van der Waals surface area contributed by atoms with E-state index in [1.54, 1.807) is 7.11 Å². The van der Waals surface area contributed by atoms with Crippen LogP contribution in [-0.4, -0.2) is 62.9 Å². The van der Waals surface area contributed by atoms with Crippen LogP contribution in [0.5, 0.6) is 5.75 Å². The molecular formula is C23H24ClN5O2. The molecule has 0 unspecified atom stereocenters. The minimum absolute atomic E-state index is 0.148. The normalized spacial score (nSPS) is 15.1. The number of halogens is 1. The highest BCUT2D eigenvalue weighted by atomic mass is 35.5. The SMILES string of the molecule is COc1ccc2c(ccn2CC(=O)N2CCN(Cc3cn4cc(Cl)ccc4n3)CC2)c1. The molecule has 4 heterocycles. The van der Waals surface area contributed by atoms with E-state index in [-0.39, 0.29) is 5.91 Å². The molecule has 7 nitrogen and oxygen atoms in total. The molecule has 0 N–H and O–H groups in total. The molecule has 1 aromatic carbocycles. The molecule has 3 aromatic heterocycles. The Morgan fingerprint density at radius 3 is 2.74 bits per heavy atom. The third-order valence-electron chi connectivity index (χ3n) is 5.86. The number of benzene rings is 1. The predicted octanol–water partition coefficient (Wildman–Crippen LogP) is 3.30. The fourth-order valence-corrected chi connectivity index (χ4v) is 4.33. The van der Waals surface area contributed by atoms with Gasteiger partial charge in [-0.25, -0.2) is 4.98 Å². The molecule has 1 amide bonds. The average molecular weight is 438 g/mol. The summed E-state index contributed by atoms with van der Waals surface area (Å²) in [5.74, 6) is 0.969. The van der Waals surface area contributed by atoms with E-state index >= 15 is 0 Å². The molecule has 1 aliphatic rings. The Morgan fingerprint density at radius 1 is 1.10 bits per heavy atom. The van der Waals surface area contributed by atoms with Crippen LogP contribution in [0.3, 0.4) is 0 Å². The first-order chi connectivity index (χ1) is 15.1. The van der Waals surface area contributed by atoms with Gasteiger partial charge in [0.1, 0.15) is 17.9 Å². The Morgan fingerprint density at radius 2 is 1.94 bits per heavy atom. The minimum atomic E-state index is 0.148. The number of fused-ring (bicyclic) bond motifs is 2. The Balaban J connectivity index is 1.18. The van der Waals surface area contributed by atoms with E-state index in [2.05, 4.69) is 9.88 Å². The van der Waals surface area contributed by atoms with E-state index < -0.39 is 0 Å². The number of rotatable bonds is 5. The zero-order chi connectivity index (χ0) is 21.4. The van der Waals surface area contributed by atoms with Crippen molar-refractivity contribution < 1.29 is 9.53 Å². The first kappa shape index (κ1) is 19.9. The van der Waals surface area contributed by atoms with Crippen LogP contribution < -0.4 is 4.74 Å². The predicted molar refractivity (Wildman–Crippen MR) is 121 cm³/mol. The summed E-state index contributed by atoms with van der Waals surface area (Å²) in [5.41, 5.74) is 2.95. The summed E-state index contributed by atoms with van der Waals surface area (Å²) >= 11 is 6.06. The number of aromatic nitrogens is 3. The highest BCUT2D eigenvalue weighted by molar-refractivity contribution is 6.30. The van der Waals surface area contributed by atoms with Crippen molar-refractivity contribution in [1.82, 2.24) is 23.8 Å².